The van der Waals surface area contributed by atoms with E-state index in [4.69, 9.17) is 10.5 Å². The highest BCUT2D eigenvalue weighted by Crippen LogP contribution is 2.26. The van der Waals surface area contributed by atoms with Crippen molar-refractivity contribution in [2.45, 2.75) is 40.2 Å². The Morgan fingerprint density at radius 2 is 1.95 bits per heavy atom. The number of hydrogen-bond donors (Lipinski definition) is 2. The van der Waals surface area contributed by atoms with Crippen LogP contribution in [0.5, 0.6) is 5.75 Å². The summed E-state index contributed by atoms with van der Waals surface area (Å²) in [5.74, 6) is 0.701. The Bertz CT molecular complexity index is 421. The number of amides is 1. The van der Waals surface area contributed by atoms with E-state index in [2.05, 4.69) is 17.4 Å². The minimum atomic E-state index is -0.488. The SMILES string of the molecule is CCNC(=O)C(C)Oc1c(C)cc(CCN)cc1C. The Morgan fingerprint density at radius 3 is 2.42 bits per heavy atom. The molecule has 1 rings (SSSR count). The summed E-state index contributed by atoms with van der Waals surface area (Å²) < 4.78 is 5.78. The van der Waals surface area contributed by atoms with Crippen LogP contribution in [0.15, 0.2) is 12.1 Å². The molecule has 19 heavy (non-hydrogen) atoms. The lowest BCUT2D eigenvalue weighted by Crippen LogP contribution is -2.36. The highest BCUT2D eigenvalue weighted by molar-refractivity contribution is 5.80. The smallest absolute Gasteiger partial charge is 0.260 e. The first-order valence-electron chi connectivity index (χ1n) is 6.74. The molecule has 1 amide bonds. The third-order valence-electron chi connectivity index (χ3n) is 2.97. The third kappa shape index (κ3) is 4.24. The topological polar surface area (TPSA) is 64.3 Å². The number of likely N-dealkylation sites (N-methyl/N-ethyl adjacent to an activating group) is 1. The van der Waals surface area contributed by atoms with Crippen molar-refractivity contribution in [2.75, 3.05) is 13.1 Å². The van der Waals surface area contributed by atoms with Gasteiger partial charge in [-0.05, 0) is 57.4 Å². The van der Waals surface area contributed by atoms with Crippen molar-refractivity contribution in [1.29, 1.82) is 0 Å². The van der Waals surface area contributed by atoms with Crippen LogP contribution in [-0.2, 0) is 11.2 Å². The second-order valence-electron chi connectivity index (χ2n) is 4.75. The molecular formula is C15H24N2O2. The zero-order valence-electron chi connectivity index (χ0n) is 12.2. The fraction of sp³-hybridized carbons (Fsp3) is 0.533. The Morgan fingerprint density at radius 1 is 1.37 bits per heavy atom. The van der Waals surface area contributed by atoms with Crippen molar-refractivity contribution in [3.63, 3.8) is 0 Å². The van der Waals surface area contributed by atoms with E-state index in [9.17, 15) is 4.79 Å². The second-order valence-corrected chi connectivity index (χ2v) is 4.75. The fourth-order valence-electron chi connectivity index (χ4n) is 2.09. The number of hydrogen-bond acceptors (Lipinski definition) is 3. The molecule has 106 valence electrons. The Balaban J connectivity index is 2.86. The molecule has 0 heterocycles. The predicted octanol–water partition coefficient (Wildman–Crippen LogP) is 1.71. The van der Waals surface area contributed by atoms with Crippen LogP contribution in [0.3, 0.4) is 0 Å². The first-order valence-corrected chi connectivity index (χ1v) is 6.74. The quantitative estimate of drug-likeness (QED) is 0.822. The van der Waals surface area contributed by atoms with Gasteiger partial charge >= 0.3 is 0 Å². The molecule has 0 saturated heterocycles. The summed E-state index contributed by atoms with van der Waals surface area (Å²) in [6, 6.07) is 4.14. The molecule has 0 fully saturated rings. The molecule has 0 radical (unpaired) electrons. The number of ether oxygens (including phenoxy) is 1. The lowest BCUT2D eigenvalue weighted by molar-refractivity contribution is -0.127. The van der Waals surface area contributed by atoms with Crippen LogP contribution in [0.1, 0.15) is 30.5 Å². The maximum atomic E-state index is 11.7. The van der Waals surface area contributed by atoms with Crippen molar-refractivity contribution in [3.8, 4) is 5.75 Å². The molecule has 0 aliphatic heterocycles. The monoisotopic (exact) mass is 264 g/mol. The zero-order chi connectivity index (χ0) is 14.4. The van der Waals surface area contributed by atoms with E-state index >= 15 is 0 Å². The predicted molar refractivity (Wildman–Crippen MR) is 77.4 cm³/mol. The molecule has 1 aromatic rings. The van der Waals surface area contributed by atoms with Gasteiger partial charge in [0, 0.05) is 6.54 Å². The van der Waals surface area contributed by atoms with E-state index in [0.29, 0.717) is 13.1 Å². The number of carbonyl (C=O) groups excluding carboxylic acids is 1. The summed E-state index contributed by atoms with van der Waals surface area (Å²) in [5.41, 5.74) is 8.86. The fourth-order valence-corrected chi connectivity index (χ4v) is 2.09. The number of nitrogens with one attached hydrogen (secondary N) is 1. The van der Waals surface area contributed by atoms with Crippen LogP contribution >= 0.6 is 0 Å². The highest BCUT2D eigenvalue weighted by Gasteiger charge is 2.16. The van der Waals surface area contributed by atoms with E-state index in [0.717, 1.165) is 23.3 Å². The van der Waals surface area contributed by atoms with Gasteiger partial charge in [0.1, 0.15) is 5.75 Å². The van der Waals surface area contributed by atoms with Crippen molar-refractivity contribution in [2.24, 2.45) is 5.73 Å². The number of rotatable bonds is 6. The van der Waals surface area contributed by atoms with E-state index in [1.54, 1.807) is 6.92 Å². The van der Waals surface area contributed by atoms with Crippen molar-refractivity contribution < 1.29 is 9.53 Å². The van der Waals surface area contributed by atoms with E-state index < -0.39 is 6.10 Å². The molecular weight excluding hydrogens is 240 g/mol. The van der Waals surface area contributed by atoms with E-state index in [1.807, 2.05) is 20.8 Å². The molecule has 1 aromatic carbocycles. The Hall–Kier alpha value is -1.55. The van der Waals surface area contributed by atoms with E-state index in [-0.39, 0.29) is 5.91 Å². The number of benzene rings is 1. The lowest BCUT2D eigenvalue weighted by Gasteiger charge is -2.18. The highest BCUT2D eigenvalue weighted by atomic mass is 16.5. The molecule has 4 heteroatoms. The molecule has 0 saturated carbocycles. The van der Waals surface area contributed by atoms with Crippen molar-refractivity contribution in [1.82, 2.24) is 5.32 Å². The summed E-state index contributed by atoms with van der Waals surface area (Å²) in [6.45, 7) is 8.88. The number of nitrogens with two attached hydrogens (primary N) is 1. The van der Waals surface area contributed by atoms with Gasteiger partial charge in [-0.2, -0.15) is 0 Å². The van der Waals surface area contributed by atoms with Crippen LogP contribution < -0.4 is 15.8 Å². The zero-order valence-corrected chi connectivity index (χ0v) is 12.2. The molecule has 1 atom stereocenters. The average Bonchev–Trinajstić information content (AvgIpc) is 2.34. The van der Waals surface area contributed by atoms with Gasteiger partial charge in [-0.15, -0.1) is 0 Å². The minimum absolute atomic E-state index is 0.0904. The summed E-state index contributed by atoms with van der Waals surface area (Å²) in [4.78, 5) is 11.7. The van der Waals surface area contributed by atoms with E-state index in [1.165, 1.54) is 5.56 Å². The number of aryl methyl sites for hydroxylation is 2. The maximum absolute atomic E-state index is 11.7. The standard InChI is InChI=1S/C15H24N2O2/c1-5-17-15(18)12(4)19-14-10(2)8-13(6-7-16)9-11(14)3/h8-9,12H,5-7,16H2,1-4H3,(H,17,18). The van der Waals surface area contributed by atoms with Crippen LogP contribution in [0, 0.1) is 13.8 Å². The molecule has 0 bridgehead atoms. The molecule has 3 N–H and O–H groups in total. The minimum Gasteiger partial charge on any atom is -0.480 e. The van der Waals surface area contributed by atoms with Crippen molar-refractivity contribution in [3.05, 3.63) is 28.8 Å². The summed E-state index contributed by atoms with van der Waals surface area (Å²) in [5, 5.41) is 2.76. The summed E-state index contributed by atoms with van der Waals surface area (Å²) >= 11 is 0. The van der Waals surface area contributed by atoms with Crippen LogP contribution in [0.25, 0.3) is 0 Å². The van der Waals surface area contributed by atoms with Gasteiger partial charge in [-0.25, -0.2) is 0 Å². The second kappa shape index (κ2) is 7.14. The van der Waals surface area contributed by atoms with Crippen LogP contribution in [-0.4, -0.2) is 25.1 Å². The molecule has 0 aliphatic rings. The maximum Gasteiger partial charge on any atom is 0.260 e. The van der Waals surface area contributed by atoms with Crippen LogP contribution in [0.2, 0.25) is 0 Å². The van der Waals surface area contributed by atoms with Gasteiger partial charge in [0.25, 0.3) is 5.91 Å². The first-order chi connectivity index (χ1) is 8.99. The lowest BCUT2D eigenvalue weighted by atomic mass is 10.0. The Labute approximate surface area is 115 Å². The average molecular weight is 264 g/mol. The van der Waals surface area contributed by atoms with Crippen molar-refractivity contribution >= 4 is 5.91 Å². The Kier molecular flexibility index (Phi) is 5.83. The summed E-state index contributed by atoms with van der Waals surface area (Å²) in [6.07, 6.45) is 0.367. The number of carbonyl (C=O) groups is 1. The van der Waals surface area contributed by atoms with Gasteiger partial charge in [-0.1, -0.05) is 12.1 Å². The molecule has 0 spiro atoms. The van der Waals surface area contributed by atoms with Gasteiger partial charge in [-0.3, -0.25) is 4.79 Å². The first kappa shape index (κ1) is 15.5. The molecule has 1 unspecified atom stereocenters. The largest absolute Gasteiger partial charge is 0.480 e. The molecule has 4 nitrogen and oxygen atoms in total. The van der Waals surface area contributed by atoms with Gasteiger partial charge in [0.05, 0.1) is 0 Å². The normalized spacial score (nSPS) is 12.1. The van der Waals surface area contributed by atoms with Gasteiger partial charge in [0.2, 0.25) is 0 Å². The van der Waals surface area contributed by atoms with Gasteiger partial charge < -0.3 is 15.8 Å². The van der Waals surface area contributed by atoms with Crippen LogP contribution in [0.4, 0.5) is 0 Å². The third-order valence-corrected chi connectivity index (χ3v) is 2.97. The molecule has 0 aromatic heterocycles. The van der Waals surface area contributed by atoms with Gasteiger partial charge in [0.15, 0.2) is 6.10 Å². The molecule has 0 aliphatic carbocycles. The summed E-state index contributed by atoms with van der Waals surface area (Å²) in [7, 11) is 0.